The molecule has 2 heterocycles. The lowest BCUT2D eigenvalue weighted by atomic mass is 9.76. The predicted molar refractivity (Wildman–Crippen MR) is 230 cm³/mol. The minimum Gasteiger partial charge on any atom is -0.481 e. The molecule has 9 heteroatoms. The third kappa shape index (κ3) is 6.01. The van der Waals surface area contributed by atoms with E-state index < -0.39 is 16.8 Å². The number of carbonyl (C=O) groups excluding carboxylic acids is 1. The zero-order valence-electron chi connectivity index (χ0n) is 33.2. The molecule has 0 amide bonds. The lowest BCUT2D eigenvalue weighted by Crippen LogP contribution is -2.31. The zero-order valence-corrected chi connectivity index (χ0v) is 33.2. The Bertz CT molecular complexity index is 3070. The molecule has 6 aromatic carbocycles. The van der Waals surface area contributed by atoms with Gasteiger partial charge < -0.3 is 14.7 Å². The lowest BCUT2D eigenvalue weighted by Gasteiger charge is -2.28. The van der Waals surface area contributed by atoms with Crippen LogP contribution in [0.3, 0.4) is 0 Å². The number of ether oxygens (including phenoxy) is 1. The van der Waals surface area contributed by atoms with Crippen LogP contribution in [0, 0.1) is 34.0 Å². The van der Waals surface area contributed by atoms with E-state index in [1.807, 2.05) is 77.9 Å². The molecule has 8 rings (SSSR count). The molecule has 2 aliphatic heterocycles. The molecule has 0 spiro atoms. The highest BCUT2D eigenvalue weighted by molar-refractivity contribution is 6.21. The van der Waals surface area contributed by atoms with Crippen molar-refractivity contribution in [1.82, 2.24) is 0 Å². The summed E-state index contributed by atoms with van der Waals surface area (Å²) in [4.78, 5) is 25.5. The first-order valence-electron chi connectivity index (χ1n) is 19.5. The highest BCUT2D eigenvalue weighted by Gasteiger charge is 2.50. The normalized spacial score (nSPS) is 16.5. The average molecular weight is 775 g/mol. The number of nitriles is 3. The molecule has 9 nitrogen and oxygen atoms in total. The van der Waals surface area contributed by atoms with Crippen LogP contribution < -0.4 is 4.90 Å². The summed E-state index contributed by atoms with van der Waals surface area (Å²) in [6, 6.07) is 39.4. The van der Waals surface area contributed by atoms with Crippen LogP contribution in [-0.2, 0) is 25.2 Å². The molecule has 6 aromatic rings. The van der Waals surface area contributed by atoms with Gasteiger partial charge in [0.1, 0.15) is 30.7 Å². The van der Waals surface area contributed by atoms with Gasteiger partial charge in [-0.15, -0.1) is 0 Å². The molecule has 0 atom stereocenters. The summed E-state index contributed by atoms with van der Waals surface area (Å²) in [6.45, 7) is 8.96. The minimum atomic E-state index is -0.977. The van der Waals surface area contributed by atoms with Crippen LogP contribution in [0.4, 0.5) is 11.4 Å². The summed E-state index contributed by atoms with van der Waals surface area (Å²) >= 11 is 0. The molecule has 0 radical (unpaired) electrons. The van der Waals surface area contributed by atoms with Gasteiger partial charge in [0.15, 0.2) is 6.54 Å². The van der Waals surface area contributed by atoms with Gasteiger partial charge in [0.05, 0.1) is 40.2 Å². The van der Waals surface area contributed by atoms with E-state index in [0.717, 1.165) is 65.6 Å². The topological polar surface area (TPSA) is 141 Å². The summed E-state index contributed by atoms with van der Waals surface area (Å²) in [5, 5.41) is 50.8. The van der Waals surface area contributed by atoms with Gasteiger partial charge in [-0.3, -0.25) is 9.59 Å². The molecule has 0 bridgehead atoms. The summed E-state index contributed by atoms with van der Waals surface area (Å²) in [6.07, 6.45) is 2.85. The number of allylic oxidation sites excluding steroid dienone is 6. The van der Waals surface area contributed by atoms with Crippen LogP contribution in [0.2, 0.25) is 0 Å². The number of hydrogen-bond acceptors (Lipinski definition) is 7. The van der Waals surface area contributed by atoms with Gasteiger partial charge >= 0.3 is 5.97 Å². The van der Waals surface area contributed by atoms with Crippen molar-refractivity contribution in [1.29, 1.82) is 15.8 Å². The Balaban J connectivity index is 1.37. The quantitative estimate of drug-likeness (QED) is 0.0362. The Morgan fingerprint density at radius 3 is 1.78 bits per heavy atom. The van der Waals surface area contributed by atoms with E-state index in [-0.39, 0.29) is 42.8 Å². The number of aliphatic carboxylic acids is 1. The second-order valence-corrected chi connectivity index (χ2v) is 15.9. The lowest BCUT2D eigenvalue weighted by molar-refractivity contribution is -0.435. The van der Waals surface area contributed by atoms with Gasteiger partial charge in [0.25, 0.3) is 6.47 Å². The number of carbonyl (C=O) groups is 2. The second kappa shape index (κ2) is 14.8. The Labute approximate surface area is 341 Å². The zero-order chi connectivity index (χ0) is 41.6. The molecule has 0 saturated heterocycles. The molecule has 1 N–H and O–H groups in total. The molecule has 0 aliphatic carbocycles. The van der Waals surface area contributed by atoms with Crippen molar-refractivity contribution < 1.29 is 24.0 Å². The first kappa shape index (κ1) is 38.3. The number of fused-ring (bicyclic) bond motifs is 12. The van der Waals surface area contributed by atoms with Gasteiger partial charge in [-0.05, 0) is 69.9 Å². The Hall–Kier alpha value is -7.54. The molecule has 59 heavy (non-hydrogen) atoms. The van der Waals surface area contributed by atoms with E-state index in [1.165, 1.54) is 12.2 Å². The molecule has 0 fully saturated rings. The van der Waals surface area contributed by atoms with Crippen molar-refractivity contribution in [2.45, 2.75) is 44.9 Å². The first-order chi connectivity index (χ1) is 28.5. The molecular formula is C50H40N5O4+. The number of hydrogen-bond donors (Lipinski definition) is 1. The highest BCUT2D eigenvalue weighted by Crippen LogP contribution is 2.55. The Morgan fingerprint density at radius 2 is 1.24 bits per heavy atom. The molecule has 0 unspecified atom stereocenters. The van der Waals surface area contributed by atoms with E-state index >= 15 is 0 Å². The van der Waals surface area contributed by atoms with Crippen LogP contribution >= 0.6 is 0 Å². The average Bonchev–Trinajstić information content (AvgIpc) is 3.63. The first-order valence-corrected chi connectivity index (χ1v) is 19.5. The molecule has 0 aromatic heterocycles. The number of benzene rings is 6. The Morgan fingerprint density at radius 1 is 0.712 bits per heavy atom. The van der Waals surface area contributed by atoms with Crippen LogP contribution in [0.1, 0.15) is 45.2 Å². The molecular weight excluding hydrogens is 735 g/mol. The van der Waals surface area contributed by atoms with E-state index in [2.05, 4.69) is 74.5 Å². The van der Waals surface area contributed by atoms with Gasteiger partial charge in [-0.1, -0.05) is 105 Å². The fourth-order valence-corrected chi connectivity index (χ4v) is 9.74. The van der Waals surface area contributed by atoms with Crippen molar-refractivity contribution in [3.8, 4) is 18.2 Å². The highest BCUT2D eigenvalue weighted by atomic mass is 16.5. The molecule has 0 saturated carbocycles. The SMILES string of the molecule is CC1(C)C(=C(C#N)C=C(C#N)C=C(C#N)C2=[N+](CCC(=O)O)c3c(c4ccccc4c4ccccc34)C2(C)C)N(CCOC=O)c2c1c1ccccc1c1ccccc21. The van der Waals surface area contributed by atoms with Crippen molar-refractivity contribution >= 4 is 72.6 Å². The monoisotopic (exact) mass is 774 g/mol. The second-order valence-electron chi connectivity index (χ2n) is 15.9. The fourth-order valence-electron chi connectivity index (χ4n) is 9.74. The largest absolute Gasteiger partial charge is 0.481 e. The fraction of sp³-hybridized carbons (Fsp3) is 0.200. The molecule has 2 aliphatic rings. The number of anilines is 1. The number of carboxylic acid groups (broad SMARTS) is 1. The number of nitrogens with zero attached hydrogens (tertiary/aromatic N) is 5. The van der Waals surface area contributed by atoms with Gasteiger partial charge in [-0.2, -0.15) is 20.4 Å². The van der Waals surface area contributed by atoms with Gasteiger partial charge in [0, 0.05) is 22.1 Å². The van der Waals surface area contributed by atoms with Crippen LogP contribution in [0.15, 0.2) is 132 Å². The summed E-state index contributed by atoms with van der Waals surface area (Å²) in [5.41, 5.74) is 3.83. The van der Waals surface area contributed by atoms with Crippen molar-refractivity contribution in [2.24, 2.45) is 0 Å². The number of rotatable bonds is 10. The smallest absolute Gasteiger partial charge is 0.309 e. The maximum Gasteiger partial charge on any atom is 0.309 e. The maximum absolute atomic E-state index is 12.1. The van der Waals surface area contributed by atoms with Gasteiger partial charge in [-0.25, -0.2) is 0 Å². The van der Waals surface area contributed by atoms with Crippen LogP contribution in [0.25, 0.3) is 43.1 Å². The predicted octanol–water partition coefficient (Wildman–Crippen LogP) is 9.80. The standard InChI is InChI=1S/C50H39N5O4/c1-49(2)43-38-17-9-5-13-34(38)36-15-7-11-19-40(36)45(43)54(22-21-42(57)58)47(49)32(28-52)25-31(27-51)26-33(29-53)48-50(3,4)44-39-18-10-6-14-35(39)37-16-8-12-20-41(37)46(44)55(48)23-24-59-30-56/h5-20,25-26,30H,21-24H2,1-4H3/p+1. The maximum atomic E-state index is 12.1. The minimum absolute atomic E-state index is 0.0548. The van der Waals surface area contributed by atoms with Crippen molar-refractivity contribution in [3.63, 3.8) is 0 Å². The van der Waals surface area contributed by atoms with Gasteiger partial charge in [0.2, 0.25) is 11.4 Å². The van der Waals surface area contributed by atoms with Crippen molar-refractivity contribution in [3.05, 3.63) is 143 Å². The number of carboxylic acids is 1. The third-order valence-electron chi connectivity index (χ3n) is 11.9. The van der Waals surface area contributed by atoms with E-state index in [4.69, 9.17) is 4.74 Å². The third-order valence-corrected chi connectivity index (χ3v) is 11.9. The summed E-state index contributed by atoms with van der Waals surface area (Å²) < 4.78 is 7.16. The summed E-state index contributed by atoms with van der Waals surface area (Å²) in [5.74, 6) is -0.977. The molecule has 288 valence electrons. The van der Waals surface area contributed by atoms with Crippen molar-refractivity contribution in [2.75, 3.05) is 24.6 Å². The Kier molecular flexibility index (Phi) is 9.59. The van der Waals surface area contributed by atoms with E-state index in [0.29, 0.717) is 17.9 Å². The van der Waals surface area contributed by atoms with Crippen LogP contribution in [0.5, 0.6) is 0 Å². The van der Waals surface area contributed by atoms with E-state index in [1.54, 1.807) is 0 Å². The van der Waals surface area contributed by atoms with Crippen LogP contribution in [-0.4, -0.2) is 47.5 Å². The van der Waals surface area contributed by atoms with E-state index in [9.17, 15) is 30.5 Å². The summed E-state index contributed by atoms with van der Waals surface area (Å²) in [7, 11) is 0.